The second-order valence-corrected chi connectivity index (χ2v) is 4.97. The molecule has 1 heterocycles. The minimum absolute atomic E-state index is 0.145. The molecule has 2 amide bonds. The number of primary amides is 1. The lowest BCUT2D eigenvalue weighted by atomic mass is 10.1. The molecule has 0 radical (unpaired) electrons. The highest BCUT2D eigenvalue weighted by Crippen LogP contribution is 2.21. The largest absolute Gasteiger partial charge is 0.364 e. The van der Waals surface area contributed by atoms with Crippen LogP contribution in [0.15, 0.2) is 30.3 Å². The van der Waals surface area contributed by atoms with Gasteiger partial charge in [-0.15, -0.1) is 0 Å². The predicted molar refractivity (Wildman–Crippen MR) is 79.4 cm³/mol. The van der Waals surface area contributed by atoms with Gasteiger partial charge in [0.25, 0.3) is 11.8 Å². The third-order valence-corrected chi connectivity index (χ3v) is 3.42. The highest BCUT2D eigenvalue weighted by Gasteiger charge is 2.21. The molecule has 1 aromatic carbocycles. The van der Waals surface area contributed by atoms with Crippen LogP contribution in [-0.4, -0.2) is 28.6 Å². The molecule has 0 bridgehead atoms. The number of halogens is 1. The zero-order valence-corrected chi connectivity index (χ0v) is 12.4. The average molecular weight is 307 g/mol. The van der Waals surface area contributed by atoms with Gasteiger partial charge in [-0.2, -0.15) is 5.10 Å². The number of hydrogen-bond donors (Lipinski definition) is 2. The summed E-state index contributed by atoms with van der Waals surface area (Å²) in [6.45, 7) is 1.86. The third-order valence-electron chi connectivity index (χ3n) is 3.17. The van der Waals surface area contributed by atoms with Crippen LogP contribution in [0.1, 0.15) is 39.5 Å². The van der Waals surface area contributed by atoms with Crippen LogP contribution in [0.2, 0.25) is 5.02 Å². The van der Waals surface area contributed by atoms with E-state index in [1.807, 2.05) is 19.1 Å². The lowest BCUT2D eigenvalue weighted by molar-refractivity contribution is 0.0955. The SMILES string of the molecule is CNC(=O)c1cc(C(N)=O)n([C@@H](C)c2ccc(Cl)cc2)n1. The monoisotopic (exact) mass is 306 g/mol. The van der Waals surface area contributed by atoms with Gasteiger partial charge < -0.3 is 11.1 Å². The molecule has 0 saturated heterocycles. The number of nitrogens with zero attached hydrogens (tertiary/aromatic N) is 2. The normalized spacial score (nSPS) is 12.0. The van der Waals surface area contributed by atoms with Crippen molar-refractivity contribution in [2.75, 3.05) is 7.05 Å². The van der Waals surface area contributed by atoms with E-state index in [0.29, 0.717) is 5.02 Å². The average Bonchev–Trinajstić information content (AvgIpc) is 2.92. The maximum Gasteiger partial charge on any atom is 0.271 e. The Morgan fingerprint density at radius 3 is 2.48 bits per heavy atom. The quantitative estimate of drug-likeness (QED) is 0.899. The molecule has 0 aliphatic carbocycles. The second-order valence-electron chi connectivity index (χ2n) is 4.53. The van der Waals surface area contributed by atoms with E-state index in [0.717, 1.165) is 5.56 Å². The predicted octanol–water partition coefficient (Wildman–Crippen LogP) is 1.60. The molecule has 1 atom stereocenters. The van der Waals surface area contributed by atoms with Crippen LogP contribution in [0, 0.1) is 0 Å². The molecule has 6 nitrogen and oxygen atoms in total. The van der Waals surface area contributed by atoms with Crippen molar-refractivity contribution in [3.8, 4) is 0 Å². The Morgan fingerprint density at radius 2 is 1.95 bits per heavy atom. The van der Waals surface area contributed by atoms with E-state index < -0.39 is 5.91 Å². The van der Waals surface area contributed by atoms with Crippen molar-refractivity contribution in [2.24, 2.45) is 5.73 Å². The summed E-state index contributed by atoms with van der Waals surface area (Å²) < 4.78 is 1.44. The number of carbonyl (C=O) groups excluding carboxylic acids is 2. The zero-order valence-electron chi connectivity index (χ0n) is 11.6. The topological polar surface area (TPSA) is 90.0 Å². The number of nitrogens with two attached hydrogens (primary N) is 1. The van der Waals surface area contributed by atoms with E-state index >= 15 is 0 Å². The van der Waals surface area contributed by atoms with Crippen molar-refractivity contribution in [1.29, 1.82) is 0 Å². The maximum absolute atomic E-state index is 11.6. The molecule has 0 aliphatic rings. The van der Waals surface area contributed by atoms with Crippen molar-refractivity contribution in [2.45, 2.75) is 13.0 Å². The molecule has 0 unspecified atom stereocenters. The van der Waals surface area contributed by atoms with Gasteiger partial charge in [-0.1, -0.05) is 23.7 Å². The summed E-state index contributed by atoms with van der Waals surface area (Å²) in [7, 11) is 1.49. The standard InChI is InChI=1S/C14H15ClN4O2/c1-8(9-3-5-10(15)6-4-9)19-12(13(16)20)7-11(18-19)14(21)17-2/h3-8H,1-2H3,(H2,16,20)(H,17,21)/t8-/m0/s1. The molecule has 1 aromatic heterocycles. The Balaban J connectivity index is 2.46. The van der Waals surface area contributed by atoms with E-state index in [9.17, 15) is 9.59 Å². The van der Waals surface area contributed by atoms with Gasteiger partial charge in [0.1, 0.15) is 5.69 Å². The van der Waals surface area contributed by atoms with E-state index in [4.69, 9.17) is 17.3 Å². The number of nitrogens with one attached hydrogen (secondary N) is 1. The van der Waals surface area contributed by atoms with Crippen molar-refractivity contribution < 1.29 is 9.59 Å². The lowest BCUT2D eigenvalue weighted by Crippen LogP contribution is -2.21. The fourth-order valence-electron chi connectivity index (χ4n) is 2.00. The molecular weight excluding hydrogens is 292 g/mol. The van der Waals surface area contributed by atoms with E-state index in [2.05, 4.69) is 10.4 Å². The lowest BCUT2D eigenvalue weighted by Gasteiger charge is -2.15. The summed E-state index contributed by atoms with van der Waals surface area (Å²) in [4.78, 5) is 23.2. The van der Waals surface area contributed by atoms with Gasteiger partial charge in [0, 0.05) is 18.1 Å². The number of rotatable bonds is 4. The minimum Gasteiger partial charge on any atom is -0.364 e. The fraction of sp³-hybridized carbons (Fsp3) is 0.214. The Kier molecular flexibility index (Phi) is 4.28. The summed E-state index contributed by atoms with van der Waals surface area (Å²) in [5.41, 5.74) is 6.58. The molecule has 0 aliphatic heterocycles. The van der Waals surface area contributed by atoms with Gasteiger partial charge in [0.15, 0.2) is 5.69 Å². The summed E-state index contributed by atoms with van der Waals surface area (Å²) in [5.74, 6) is -1.02. The third kappa shape index (κ3) is 3.05. The molecule has 3 N–H and O–H groups in total. The van der Waals surface area contributed by atoms with Crippen LogP contribution in [0.3, 0.4) is 0 Å². The van der Waals surface area contributed by atoms with Gasteiger partial charge in [-0.25, -0.2) is 0 Å². The van der Waals surface area contributed by atoms with Gasteiger partial charge in [-0.05, 0) is 24.6 Å². The Hall–Kier alpha value is -2.34. The summed E-state index contributed by atoms with van der Waals surface area (Å²) in [6.07, 6.45) is 0. The zero-order chi connectivity index (χ0) is 15.6. The van der Waals surface area contributed by atoms with Crippen LogP contribution in [0.25, 0.3) is 0 Å². The van der Waals surface area contributed by atoms with E-state index in [-0.39, 0.29) is 23.3 Å². The van der Waals surface area contributed by atoms with Gasteiger partial charge in [0.2, 0.25) is 0 Å². The van der Waals surface area contributed by atoms with Gasteiger partial charge >= 0.3 is 0 Å². The molecule has 21 heavy (non-hydrogen) atoms. The Morgan fingerprint density at radius 1 is 1.33 bits per heavy atom. The molecule has 0 saturated carbocycles. The number of carbonyl (C=O) groups is 2. The van der Waals surface area contributed by atoms with Gasteiger partial charge in [0.05, 0.1) is 6.04 Å². The maximum atomic E-state index is 11.6. The first-order chi connectivity index (χ1) is 9.93. The molecule has 7 heteroatoms. The van der Waals surface area contributed by atoms with Crippen molar-refractivity contribution in [1.82, 2.24) is 15.1 Å². The number of benzene rings is 1. The minimum atomic E-state index is -0.640. The van der Waals surface area contributed by atoms with Crippen molar-refractivity contribution in [3.63, 3.8) is 0 Å². The van der Waals surface area contributed by atoms with Crippen LogP contribution in [-0.2, 0) is 0 Å². The van der Waals surface area contributed by atoms with Crippen LogP contribution in [0.5, 0.6) is 0 Å². The molecule has 110 valence electrons. The summed E-state index contributed by atoms with van der Waals surface area (Å²) in [6, 6.07) is 8.29. The number of amides is 2. The highest BCUT2D eigenvalue weighted by atomic mass is 35.5. The molecular formula is C14H15ClN4O2. The van der Waals surface area contributed by atoms with Crippen LogP contribution < -0.4 is 11.1 Å². The number of aromatic nitrogens is 2. The Labute approximate surface area is 126 Å². The first-order valence-electron chi connectivity index (χ1n) is 6.31. The highest BCUT2D eigenvalue weighted by molar-refractivity contribution is 6.30. The second kappa shape index (κ2) is 5.97. The smallest absolute Gasteiger partial charge is 0.271 e. The molecule has 0 fully saturated rings. The van der Waals surface area contributed by atoms with Gasteiger partial charge in [-0.3, -0.25) is 14.3 Å². The Bertz CT molecular complexity index is 679. The van der Waals surface area contributed by atoms with Crippen LogP contribution >= 0.6 is 11.6 Å². The summed E-state index contributed by atoms with van der Waals surface area (Å²) in [5, 5.41) is 7.25. The first-order valence-corrected chi connectivity index (χ1v) is 6.68. The molecule has 2 aromatic rings. The summed E-state index contributed by atoms with van der Waals surface area (Å²) >= 11 is 5.86. The molecule has 0 spiro atoms. The van der Waals surface area contributed by atoms with Crippen molar-refractivity contribution in [3.05, 3.63) is 52.3 Å². The van der Waals surface area contributed by atoms with E-state index in [1.54, 1.807) is 12.1 Å². The molecule has 2 rings (SSSR count). The fourth-order valence-corrected chi connectivity index (χ4v) is 2.12. The van der Waals surface area contributed by atoms with Crippen molar-refractivity contribution >= 4 is 23.4 Å². The van der Waals surface area contributed by atoms with E-state index in [1.165, 1.54) is 17.8 Å². The number of hydrogen-bond acceptors (Lipinski definition) is 3. The van der Waals surface area contributed by atoms with Crippen LogP contribution in [0.4, 0.5) is 0 Å². The first kappa shape index (κ1) is 15.1.